The van der Waals surface area contributed by atoms with Gasteiger partial charge >= 0.3 is 0 Å². The molecule has 0 saturated heterocycles. The normalized spacial score (nSPS) is 13.8. The zero-order valence-electron chi connectivity index (χ0n) is 10.9. The minimum absolute atomic E-state index is 0.222. The number of hydrogen-bond acceptors (Lipinski definition) is 4. The smallest absolute Gasteiger partial charge is 0.270 e. The van der Waals surface area contributed by atoms with Gasteiger partial charge in [0.1, 0.15) is 17.6 Å². The molecular formula is C14H15ClN2O3. The predicted molar refractivity (Wildman–Crippen MR) is 74.5 cm³/mol. The summed E-state index contributed by atoms with van der Waals surface area (Å²) in [6.45, 7) is 1.81. The fourth-order valence-corrected chi connectivity index (χ4v) is 1.91. The monoisotopic (exact) mass is 294 g/mol. The Morgan fingerprint density at radius 1 is 1.50 bits per heavy atom. The second-order valence-electron chi connectivity index (χ2n) is 4.50. The summed E-state index contributed by atoms with van der Waals surface area (Å²) in [5.41, 5.74) is 0.286. The topological polar surface area (TPSA) is 75.4 Å². The summed E-state index contributed by atoms with van der Waals surface area (Å²) < 4.78 is 5.11. The van der Waals surface area contributed by atoms with E-state index in [2.05, 4.69) is 10.3 Å². The third kappa shape index (κ3) is 3.82. The minimum atomic E-state index is -0.751. The molecule has 20 heavy (non-hydrogen) atoms. The van der Waals surface area contributed by atoms with Gasteiger partial charge in [-0.25, -0.2) is 4.98 Å². The summed E-state index contributed by atoms with van der Waals surface area (Å²) in [5.74, 6) is 0.177. The molecule has 2 heterocycles. The molecule has 2 aromatic heterocycles. The van der Waals surface area contributed by atoms with E-state index in [1.165, 1.54) is 12.5 Å². The van der Waals surface area contributed by atoms with Gasteiger partial charge in [0.2, 0.25) is 0 Å². The van der Waals surface area contributed by atoms with Crippen LogP contribution in [0, 0.1) is 0 Å². The fourth-order valence-electron chi connectivity index (χ4n) is 1.80. The molecule has 2 rings (SSSR count). The molecule has 0 saturated carbocycles. The van der Waals surface area contributed by atoms with Crippen molar-refractivity contribution < 1.29 is 14.3 Å². The molecule has 0 aliphatic rings. The van der Waals surface area contributed by atoms with E-state index < -0.39 is 6.10 Å². The van der Waals surface area contributed by atoms with Crippen LogP contribution in [0.4, 0.5) is 0 Å². The lowest BCUT2D eigenvalue weighted by molar-refractivity contribution is 0.0898. The number of nitrogens with zero attached hydrogens (tertiary/aromatic N) is 1. The molecule has 2 aromatic rings. The number of aromatic nitrogens is 1. The first-order valence-corrected chi connectivity index (χ1v) is 6.58. The van der Waals surface area contributed by atoms with Crippen LogP contribution in [0.25, 0.3) is 0 Å². The van der Waals surface area contributed by atoms with Gasteiger partial charge in [-0.3, -0.25) is 4.79 Å². The van der Waals surface area contributed by atoms with Crippen molar-refractivity contribution in [2.45, 2.75) is 25.5 Å². The number of halogens is 1. The van der Waals surface area contributed by atoms with E-state index in [1.807, 2.05) is 0 Å². The average Bonchev–Trinajstić information content (AvgIpc) is 2.93. The molecule has 1 amide bonds. The van der Waals surface area contributed by atoms with Gasteiger partial charge in [0, 0.05) is 18.7 Å². The van der Waals surface area contributed by atoms with Crippen LogP contribution >= 0.6 is 11.6 Å². The number of carbonyl (C=O) groups excluding carboxylic acids is 1. The highest BCUT2D eigenvalue weighted by atomic mass is 35.5. The van der Waals surface area contributed by atoms with Crippen molar-refractivity contribution in [3.63, 3.8) is 0 Å². The van der Waals surface area contributed by atoms with Crippen LogP contribution in [-0.2, 0) is 0 Å². The SMILES string of the molecule is C[C@@H](C[C@H](O)c1ccco1)NC(=O)c1ccc(Cl)cn1. The Morgan fingerprint density at radius 3 is 2.90 bits per heavy atom. The lowest BCUT2D eigenvalue weighted by Crippen LogP contribution is -2.34. The quantitative estimate of drug-likeness (QED) is 0.888. The van der Waals surface area contributed by atoms with E-state index >= 15 is 0 Å². The zero-order chi connectivity index (χ0) is 14.5. The molecule has 0 aliphatic carbocycles. The highest BCUT2D eigenvalue weighted by Crippen LogP contribution is 2.18. The molecule has 0 aliphatic heterocycles. The summed E-state index contributed by atoms with van der Waals surface area (Å²) in [6, 6.07) is 6.33. The highest BCUT2D eigenvalue weighted by molar-refractivity contribution is 6.30. The maximum absolute atomic E-state index is 11.9. The van der Waals surface area contributed by atoms with Crippen LogP contribution in [0.1, 0.15) is 35.7 Å². The Balaban J connectivity index is 1.89. The lowest BCUT2D eigenvalue weighted by atomic mass is 10.1. The summed E-state index contributed by atoms with van der Waals surface area (Å²) in [7, 11) is 0. The van der Waals surface area contributed by atoms with Crippen molar-refractivity contribution in [2.75, 3.05) is 0 Å². The number of hydrogen-bond donors (Lipinski definition) is 2. The van der Waals surface area contributed by atoms with E-state index in [9.17, 15) is 9.90 Å². The molecule has 0 fully saturated rings. The maximum Gasteiger partial charge on any atom is 0.270 e. The molecule has 2 atom stereocenters. The van der Waals surface area contributed by atoms with E-state index in [0.717, 1.165) is 0 Å². The number of rotatable bonds is 5. The zero-order valence-corrected chi connectivity index (χ0v) is 11.7. The minimum Gasteiger partial charge on any atom is -0.467 e. The third-order valence-electron chi connectivity index (χ3n) is 2.79. The number of carbonyl (C=O) groups is 1. The highest BCUT2D eigenvalue weighted by Gasteiger charge is 2.17. The van der Waals surface area contributed by atoms with Gasteiger partial charge in [-0.2, -0.15) is 0 Å². The molecule has 0 radical (unpaired) electrons. The molecule has 0 spiro atoms. The second-order valence-corrected chi connectivity index (χ2v) is 4.94. The maximum atomic E-state index is 11.9. The van der Waals surface area contributed by atoms with Crippen molar-refractivity contribution in [2.24, 2.45) is 0 Å². The van der Waals surface area contributed by atoms with Crippen LogP contribution in [0.3, 0.4) is 0 Å². The Hall–Kier alpha value is -1.85. The molecule has 0 aromatic carbocycles. The van der Waals surface area contributed by atoms with Crippen molar-refractivity contribution in [1.82, 2.24) is 10.3 Å². The van der Waals surface area contributed by atoms with Crippen LogP contribution in [0.2, 0.25) is 5.02 Å². The van der Waals surface area contributed by atoms with Gasteiger partial charge in [-0.1, -0.05) is 11.6 Å². The number of nitrogens with one attached hydrogen (secondary N) is 1. The Bertz CT molecular complexity index is 554. The van der Waals surface area contributed by atoms with Crippen LogP contribution < -0.4 is 5.32 Å². The Morgan fingerprint density at radius 2 is 2.30 bits per heavy atom. The van der Waals surface area contributed by atoms with Gasteiger partial charge in [0.15, 0.2) is 0 Å². The molecule has 0 unspecified atom stereocenters. The largest absolute Gasteiger partial charge is 0.467 e. The molecule has 6 heteroatoms. The van der Waals surface area contributed by atoms with Crippen molar-refractivity contribution in [3.8, 4) is 0 Å². The predicted octanol–water partition coefficient (Wildman–Crippen LogP) is 2.57. The van der Waals surface area contributed by atoms with E-state index in [-0.39, 0.29) is 17.6 Å². The average molecular weight is 295 g/mol. The van der Waals surface area contributed by atoms with E-state index in [1.54, 1.807) is 31.2 Å². The summed E-state index contributed by atoms with van der Waals surface area (Å²) in [6.07, 6.45) is 2.52. The molecular weight excluding hydrogens is 280 g/mol. The molecule has 0 bridgehead atoms. The van der Waals surface area contributed by atoms with E-state index in [4.69, 9.17) is 16.0 Å². The Labute approximate surface area is 121 Å². The number of pyridine rings is 1. The first-order chi connectivity index (χ1) is 9.56. The van der Waals surface area contributed by atoms with E-state index in [0.29, 0.717) is 17.2 Å². The second kappa shape index (κ2) is 6.54. The van der Waals surface area contributed by atoms with Crippen LogP contribution in [0.15, 0.2) is 41.1 Å². The third-order valence-corrected chi connectivity index (χ3v) is 3.01. The van der Waals surface area contributed by atoms with Crippen LogP contribution in [-0.4, -0.2) is 22.0 Å². The number of aliphatic hydroxyl groups excluding tert-OH is 1. The first-order valence-electron chi connectivity index (χ1n) is 6.20. The summed E-state index contributed by atoms with van der Waals surface area (Å²) in [5, 5.41) is 13.2. The Kier molecular flexibility index (Phi) is 4.76. The molecule has 106 valence electrons. The van der Waals surface area contributed by atoms with Gasteiger partial charge in [-0.05, 0) is 31.2 Å². The molecule has 2 N–H and O–H groups in total. The van der Waals surface area contributed by atoms with Crippen molar-refractivity contribution >= 4 is 17.5 Å². The lowest BCUT2D eigenvalue weighted by Gasteiger charge is -2.16. The number of furan rings is 1. The van der Waals surface area contributed by atoms with Gasteiger partial charge in [0.25, 0.3) is 5.91 Å². The fraction of sp³-hybridized carbons (Fsp3) is 0.286. The van der Waals surface area contributed by atoms with Gasteiger partial charge in [0.05, 0.1) is 11.3 Å². The van der Waals surface area contributed by atoms with Gasteiger partial charge < -0.3 is 14.8 Å². The number of aliphatic hydroxyl groups is 1. The van der Waals surface area contributed by atoms with Crippen molar-refractivity contribution in [1.29, 1.82) is 0 Å². The van der Waals surface area contributed by atoms with Crippen molar-refractivity contribution in [3.05, 3.63) is 53.2 Å². The molecule has 5 nitrogen and oxygen atoms in total. The van der Waals surface area contributed by atoms with Crippen LogP contribution in [0.5, 0.6) is 0 Å². The van der Waals surface area contributed by atoms with Gasteiger partial charge in [-0.15, -0.1) is 0 Å². The summed E-state index contributed by atoms with van der Waals surface area (Å²) >= 11 is 5.71. The standard InChI is InChI=1S/C14H15ClN2O3/c1-9(7-12(18)13-3-2-6-20-13)17-14(19)11-5-4-10(15)8-16-11/h2-6,8-9,12,18H,7H2,1H3,(H,17,19)/t9-,12-/m0/s1. The first kappa shape index (κ1) is 14.6. The summed E-state index contributed by atoms with van der Waals surface area (Å²) in [4.78, 5) is 15.8. The number of amides is 1.